The van der Waals surface area contributed by atoms with Crippen molar-refractivity contribution in [1.29, 1.82) is 0 Å². The second-order valence-corrected chi connectivity index (χ2v) is 11.8. The minimum absolute atomic E-state index is 1.01. The van der Waals surface area contributed by atoms with Gasteiger partial charge in [0.2, 0.25) is 0 Å². The summed E-state index contributed by atoms with van der Waals surface area (Å²) in [5.41, 5.74) is 11.9. The first kappa shape index (κ1) is 26.5. The number of aryl methyl sites for hydroxylation is 2. The fourth-order valence-corrected chi connectivity index (χ4v) is 7.23. The Bertz CT molecular complexity index is 2200. The Balaban J connectivity index is 1.55. The normalized spacial score (nSPS) is 11.8. The summed E-state index contributed by atoms with van der Waals surface area (Å²) in [5.74, 6) is 0. The van der Waals surface area contributed by atoms with Gasteiger partial charge in [0.1, 0.15) is 0 Å². The van der Waals surface area contributed by atoms with E-state index in [9.17, 15) is 0 Å². The van der Waals surface area contributed by atoms with Gasteiger partial charge in [-0.05, 0) is 58.0 Å². The van der Waals surface area contributed by atoms with E-state index in [1.807, 2.05) is 0 Å². The van der Waals surface area contributed by atoms with Gasteiger partial charge in [-0.25, -0.2) is 9.97 Å². The molecule has 0 unspecified atom stereocenters. The van der Waals surface area contributed by atoms with E-state index in [2.05, 4.69) is 135 Å². The number of fused-ring (bicyclic) bond motifs is 5. The van der Waals surface area contributed by atoms with Crippen LogP contribution in [-0.4, -0.2) is 9.97 Å². The fourth-order valence-electron chi connectivity index (χ4n) is 7.23. The van der Waals surface area contributed by atoms with Crippen LogP contribution in [0.15, 0.2) is 121 Å². The average Bonchev–Trinajstić information content (AvgIpc) is 3.06. The molecule has 8 rings (SSSR count). The molecule has 0 saturated carbocycles. The Hall–Kier alpha value is -5.08. The quantitative estimate of drug-likeness (QED) is 0.187. The summed E-state index contributed by atoms with van der Waals surface area (Å²) in [7, 11) is 0. The van der Waals surface area contributed by atoms with Crippen LogP contribution in [0, 0.1) is 0 Å². The SMILES string of the molecule is CCCc1cccc2c(-c3cccc4cccc(-c5c6ccccc6nc6c(CCC)cccc56)c34)c3ccccc3nc12. The zero-order valence-corrected chi connectivity index (χ0v) is 25.3. The van der Waals surface area contributed by atoms with E-state index in [0.29, 0.717) is 0 Å². The first-order valence-corrected chi connectivity index (χ1v) is 15.9. The molecular formula is C42H34N2. The summed E-state index contributed by atoms with van der Waals surface area (Å²) < 4.78 is 0. The summed E-state index contributed by atoms with van der Waals surface area (Å²) in [6, 6.07) is 44.3. The number of rotatable bonds is 6. The standard InChI is InChI=1S/C42H34N2/c1-3-13-28-17-11-23-34-39(30-19-5-7-25-36(30)43-41(28)34)32-21-9-15-27-16-10-22-33(38(27)32)40-31-20-6-8-26-37(31)44-42-29(14-4-2)18-12-24-35(40)42/h5-12,15-26H,3-4,13-14H2,1-2H3. The number of para-hydroxylation sites is 4. The third-order valence-electron chi connectivity index (χ3n) is 9.07. The Morgan fingerprint density at radius 3 is 1.34 bits per heavy atom. The molecule has 2 heteroatoms. The predicted molar refractivity (Wildman–Crippen MR) is 188 cm³/mol. The van der Waals surface area contributed by atoms with Gasteiger partial charge in [-0.15, -0.1) is 0 Å². The Morgan fingerprint density at radius 1 is 0.432 bits per heavy atom. The van der Waals surface area contributed by atoms with Crippen LogP contribution in [0.4, 0.5) is 0 Å². The number of hydrogen-bond donors (Lipinski definition) is 0. The van der Waals surface area contributed by atoms with E-state index in [1.54, 1.807) is 0 Å². The number of pyridine rings is 2. The molecule has 2 nitrogen and oxygen atoms in total. The zero-order valence-electron chi connectivity index (χ0n) is 25.3. The van der Waals surface area contributed by atoms with Crippen LogP contribution in [-0.2, 0) is 12.8 Å². The summed E-state index contributed by atoms with van der Waals surface area (Å²) >= 11 is 0. The molecule has 44 heavy (non-hydrogen) atoms. The maximum Gasteiger partial charge on any atom is 0.0747 e. The lowest BCUT2D eigenvalue weighted by Gasteiger charge is -2.19. The van der Waals surface area contributed by atoms with E-state index in [-0.39, 0.29) is 0 Å². The van der Waals surface area contributed by atoms with Crippen LogP contribution in [0.25, 0.3) is 76.6 Å². The van der Waals surface area contributed by atoms with Gasteiger partial charge in [0.15, 0.2) is 0 Å². The highest BCUT2D eigenvalue weighted by atomic mass is 14.7. The second kappa shape index (κ2) is 10.9. The lowest BCUT2D eigenvalue weighted by molar-refractivity contribution is 0.927. The number of hydrogen-bond acceptors (Lipinski definition) is 2. The molecule has 212 valence electrons. The third-order valence-corrected chi connectivity index (χ3v) is 9.07. The predicted octanol–water partition coefficient (Wildman–Crippen LogP) is 11.5. The lowest BCUT2D eigenvalue weighted by atomic mass is 9.85. The highest BCUT2D eigenvalue weighted by Gasteiger charge is 2.20. The number of benzene rings is 6. The molecule has 0 amide bonds. The van der Waals surface area contributed by atoms with Crippen molar-refractivity contribution < 1.29 is 0 Å². The molecule has 0 atom stereocenters. The largest absolute Gasteiger partial charge is 0.247 e. The highest BCUT2D eigenvalue weighted by molar-refractivity contribution is 6.21. The Kier molecular flexibility index (Phi) is 6.56. The van der Waals surface area contributed by atoms with Gasteiger partial charge in [0.25, 0.3) is 0 Å². The van der Waals surface area contributed by atoms with Gasteiger partial charge < -0.3 is 0 Å². The second-order valence-electron chi connectivity index (χ2n) is 11.8. The summed E-state index contributed by atoms with van der Waals surface area (Å²) in [5, 5.41) is 7.30. The van der Waals surface area contributed by atoms with Gasteiger partial charge in [-0.1, -0.05) is 136 Å². The summed E-state index contributed by atoms with van der Waals surface area (Å²) in [4.78, 5) is 10.5. The van der Waals surface area contributed by atoms with Crippen molar-refractivity contribution in [3.8, 4) is 22.3 Å². The van der Waals surface area contributed by atoms with E-state index in [4.69, 9.17) is 9.97 Å². The first-order chi connectivity index (χ1) is 21.8. The van der Waals surface area contributed by atoms with Crippen LogP contribution in [0.2, 0.25) is 0 Å². The maximum atomic E-state index is 5.24. The van der Waals surface area contributed by atoms with Crippen molar-refractivity contribution in [3.63, 3.8) is 0 Å². The van der Waals surface area contributed by atoms with Gasteiger partial charge in [-0.2, -0.15) is 0 Å². The van der Waals surface area contributed by atoms with E-state index in [0.717, 1.165) is 47.8 Å². The molecule has 0 saturated heterocycles. The average molecular weight is 567 g/mol. The van der Waals surface area contributed by atoms with Crippen LogP contribution in [0.1, 0.15) is 37.8 Å². The van der Waals surface area contributed by atoms with Gasteiger partial charge in [0, 0.05) is 32.7 Å². The lowest BCUT2D eigenvalue weighted by Crippen LogP contribution is -1.96. The van der Waals surface area contributed by atoms with Crippen molar-refractivity contribution in [2.45, 2.75) is 39.5 Å². The molecule has 0 radical (unpaired) electrons. The van der Waals surface area contributed by atoms with Crippen LogP contribution >= 0.6 is 0 Å². The summed E-state index contributed by atoms with van der Waals surface area (Å²) in [6.45, 7) is 4.49. The minimum atomic E-state index is 1.01. The van der Waals surface area contributed by atoms with Gasteiger partial charge in [-0.3, -0.25) is 0 Å². The molecule has 0 N–H and O–H groups in total. The Labute approximate surface area is 258 Å². The van der Waals surface area contributed by atoms with Crippen LogP contribution in [0.3, 0.4) is 0 Å². The molecule has 2 aromatic heterocycles. The molecular weight excluding hydrogens is 532 g/mol. The third kappa shape index (κ3) is 4.17. The molecule has 0 aliphatic carbocycles. The molecule has 2 heterocycles. The topological polar surface area (TPSA) is 25.8 Å². The minimum Gasteiger partial charge on any atom is -0.247 e. The Morgan fingerprint density at radius 2 is 0.864 bits per heavy atom. The molecule has 0 aliphatic heterocycles. The molecule has 6 aromatic carbocycles. The molecule has 0 fully saturated rings. The monoisotopic (exact) mass is 566 g/mol. The molecule has 0 spiro atoms. The van der Waals surface area contributed by atoms with Crippen LogP contribution < -0.4 is 0 Å². The first-order valence-electron chi connectivity index (χ1n) is 15.9. The maximum absolute atomic E-state index is 5.24. The molecule has 0 aliphatic rings. The number of nitrogens with zero attached hydrogens (tertiary/aromatic N) is 2. The zero-order chi connectivity index (χ0) is 29.6. The van der Waals surface area contributed by atoms with E-state index in [1.165, 1.54) is 65.7 Å². The van der Waals surface area contributed by atoms with Gasteiger partial charge in [0.05, 0.1) is 22.1 Å². The molecule has 8 aromatic rings. The number of aromatic nitrogens is 2. The fraction of sp³-hybridized carbons (Fsp3) is 0.143. The van der Waals surface area contributed by atoms with E-state index >= 15 is 0 Å². The van der Waals surface area contributed by atoms with Crippen molar-refractivity contribution >= 4 is 54.4 Å². The van der Waals surface area contributed by atoms with E-state index < -0.39 is 0 Å². The highest BCUT2D eigenvalue weighted by Crippen LogP contribution is 2.45. The van der Waals surface area contributed by atoms with Crippen molar-refractivity contribution in [3.05, 3.63) is 132 Å². The van der Waals surface area contributed by atoms with Crippen molar-refractivity contribution in [2.75, 3.05) is 0 Å². The molecule has 0 bridgehead atoms. The summed E-state index contributed by atoms with van der Waals surface area (Å²) in [6.07, 6.45) is 4.20. The smallest absolute Gasteiger partial charge is 0.0747 e. The van der Waals surface area contributed by atoms with Crippen molar-refractivity contribution in [2.24, 2.45) is 0 Å². The van der Waals surface area contributed by atoms with Crippen molar-refractivity contribution in [1.82, 2.24) is 9.97 Å². The van der Waals surface area contributed by atoms with Gasteiger partial charge >= 0.3 is 0 Å². The van der Waals surface area contributed by atoms with Crippen LogP contribution in [0.5, 0.6) is 0 Å².